The fourth-order valence-corrected chi connectivity index (χ4v) is 1.90. The summed E-state index contributed by atoms with van der Waals surface area (Å²) >= 11 is 0. The molecule has 1 rings (SSSR count). The van der Waals surface area contributed by atoms with Gasteiger partial charge in [0, 0.05) is 5.69 Å². The molecule has 16 heavy (non-hydrogen) atoms. The van der Waals surface area contributed by atoms with Crippen LogP contribution in [0.1, 0.15) is 26.7 Å². The zero-order valence-corrected chi connectivity index (χ0v) is 9.94. The Labute approximate surface area is 97.0 Å². The van der Waals surface area contributed by atoms with Gasteiger partial charge in [0.2, 0.25) is 5.91 Å². The minimum Gasteiger partial charge on any atom is -0.373 e. The third-order valence-corrected chi connectivity index (χ3v) is 2.92. The first-order valence-corrected chi connectivity index (χ1v) is 5.79. The average molecular weight is 220 g/mol. The van der Waals surface area contributed by atoms with Gasteiger partial charge in [-0.15, -0.1) is 0 Å². The fraction of sp³-hybridized carbons (Fsp3) is 0.462. The van der Waals surface area contributed by atoms with Crippen molar-refractivity contribution < 1.29 is 4.79 Å². The van der Waals surface area contributed by atoms with E-state index in [4.69, 9.17) is 5.73 Å². The maximum absolute atomic E-state index is 11.4. The minimum absolute atomic E-state index is 0.280. The summed E-state index contributed by atoms with van der Waals surface area (Å²) in [7, 11) is 0. The Bertz CT molecular complexity index is 320. The van der Waals surface area contributed by atoms with Gasteiger partial charge in [0.25, 0.3) is 0 Å². The first kappa shape index (κ1) is 12.6. The molecule has 0 aliphatic rings. The lowest BCUT2D eigenvalue weighted by Crippen LogP contribution is -2.41. The van der Waals surface area contributed by atoms with Crippen molar-refractivity contribution in [3.63, 3.8) is 0 Å². The molecule has 0 aliphatic heterocycles. The van der Waals surface area contributed by atoms with Crippen LogP contribution < -0.4 is 11.1 Å². The van der Waals surface area contributed by atoms with Gasteiger partial charge in [0.1, 0.15) is 6.04 Å². The Hall–Kier alpha value is -1.51. The van der Waals surface area contributed by atoms with Crippen LogP contribution in [0.3, 0.4) is 0 Å². The third kappa shape index (κ3) is 3.26. The second kappa shape index (κ2) is 6.16. The van der Waals surface area contributed by atoms with E-state index >= 15 is 0 Å². The van der Waals surface area contributed by atoms with Gasteiger partial charge in [-0.3, -0.25) is 4.79 Å². The summed E-state index contributed by atoms with van der Waals surface area (Å²) in [5.74, 6) is 0.00950. The Kier molecular flexibility index (Phi) is 4.83. The highest BCUT2D eigenvalue weighted by Gasteiger charge is 2.23. The van der Waals surface area contributed by atoms with Crippen LogP contribution in [0.25, 0.3) is 0 Å². The number of carbonyl (C=O) groups is 1. The molecule has 0 fully saturated rings. The summed E-state index contributed by atoms with van der Waals surface area (Å²) in [6, 6.07) is 9.43. The van der Waals surface area contributed by atoms with Gasteiger partial charge < -0.3 is 11.1 Å². The van der Waals surface area contributed by atoms with Gasteiger partial charge in [-0.2, -0.15) is 0 Å². The number of carbonyl (C=O) groups excluding carboxylic acids is 1. The van der Waals surface area contributed by atoms with E-state index in [1.54, 1.807) is 0 Å². The molecular weight excluding hydrogens is 200 g/mol. The molecule has 1 unspecified atom stereocenters. The van der Waals surface area contributed by atoms with Crippen LogP contribution in [-0.2, 0) is 4.79 Å². The van der Waals surface area contributed by atoms with Crippen molar-refractivity contribution in [3.05, 3.63) is 30.3 Å². The van der Waals surface area contributed by atoms with E-state index in [0.29, 0.717) is 0 Å². The van der Waals surface area contributed by atoms with Gasteiger partial charge in [-0.05, 0) is 18.1 Å². The zero-order valence-electron chi connectivity index (χ0n) is 9.94. The highest BCUT2D eigenvalue weighted by molar-refractivity contribution is 5.83. The number of nitrogens with one attached hydrogen (secondary N) is 1. The quantitative estimate of drug-likeness (QED) is 0.773. The van der Waals surface area contributed by atoms with Gasteiger partial charge in [0.15, 0.2) is 0 Å². The van der Waals surface area contributed by atoms with Crippen molar-refractivity contribution in [2.75, 3.05) is 5.32 Å². The molecule has 0 saturated carbocycles. The number of hydrogen-bond acceptors (Lipinski definition) is 2. The van der Waals surface area contributed by atoms with Crippen LogP contribution in [0.15, 0.2) is 30.3 Å². The molecular formula is C13H20N2O. The highest BCUT2D eigenvalue weighted by Crippen LogP contribution is 2.17. The Morgan fingerprint density at radius 3 is 2.25 bits per heavy atom. The number of nitrogens with two attached hydrogens (primary N) is 1. The lowest BCUT2D eigenvalue weighted by Gasteiger charge is -2.24. The normalized spacial score (nSPS) is 12.4. The van der Waals surface area contributed by atoms with Gasteiger partial charge in [-0.25, -0.2) is 0 Å². The molecule has 3 nitrogen and oxygen atoms in total. The Morgan fingerprint density at radius 1 is 1.25 bits per heavy atom. The van der Waals surface area contributed by atoms with Crippen molar-refractivity contribution in [2.24, 2.45) is 11.7 Å². The van der Waals surface area contributed by atoms with Crippen LogP contribution in [-0.4, -0.2) is 11.9 Å². The smallest absolute Gasteiger partial charge is 0.240 e. The van der Waals surface area contributed by atoms with E-state index in [1.807, 2.05) is 30.3 Å². The number of rotatable bonds is 6. The summed E-state index contributed by atoms with van der Waals surface area (Å²) < 4.78 is 0. The predicted octanol–water partition coefficient (Wildman–Crippen LogP) is 2.39. The number of para-hydroxylation sites is 1. The van der Waals surface area contributed by atoms with E-state index in [1.165, 1.54) is 0 Å². The van der Waals surface area contributed by atoms with E-state index in [9.17, 15) is 4.79 Å². The molecule has 88 valence electrons. The highest BCUT2D eigenvalue weighted by atomic mass is 16.1. The van der Waals surface area contributed by atoms with Crippen LogP contribution in [0.5, 0.6) is 0 Å². The monoisotopic (exact) mass is 220 g/mol. The molecule has 1 amide bonds. The van der Waals surface area contributed by atoms with Gasteiger partial charge in [-0.1, -0.05) is 44.9 Å². The molecule has 1 aromatic rings. The lowest BCUT2D eigenvalue weighted by atomic mass is 9.93. The molecule has 1 aromatic carbocycles. The van der Waals surface area contributed by atoms with Crippen molar-refractivity contribution in [2.45, 2.75) is 32.7 Å². The van der Waals surface area contributed by atoms with Crippen LogP contribution >= 0.6 is 0 Å². The van der Waals surface area contributed by atoms with Gasteiger partial charge in [0.05, 0.1) is 0 Å². The second-order valence-electron chi connectivity index (χ2n) is 3.97. The molecule has 3 N–H and O–H groups in total. The average Bonchev–Trinajstić information content (AvgIpc) is 2.30. The molecule has 0 saturated heterocycles. The minimum atomic E-state index is -0.280. The molecule has 0 aromatic heterocycles. The molecule has 0 spiro atoms. The largest absolute Gasteiger partial charge is 0.373 e. The predicted molar refractivity (Wildman–Crippen MR) is 67.1 cm³/mol. The first-order valence-electron chi connectivity index (χ1n) is 5.79. The topological polar surface area (TPSA) is 55.1 Å². The fourth-order valence-electron chi connectivity index (χ4n) is 1.90. The van der Waals surface area contributed by atoms with E-state index in [-0.39, 0.29) is 17.9 Å². The van der Waals surface area contributed by atoms with Crippen LogP contribution in [0.2, 0.25) is 0 Å². The van der Waals surface area contributed by atoms with Crippen LogP contribution in [0, 0.1) is 5.92 Å². The van der Waals surface area contributed by atoms with Crippen molar-refractivity contribution >= 4 is 11.6 Å². The molecule has 0 heterocycles. The summed E-state index contributed by atoms with van der Waals surface area (Å²) in [5.41, 5.74) is 6.38. The maximum atomic E-state index is 11.4. The molecule has 1 atom stereocenters. The maximum Gasteiger partial charge on any atom is 0.240 e. The summed E-state index contributed by atoms with van der Waals surface area (Å²) in [4.78, 5) is 11.4. The first-order chi connectivity index (χ1) is 7.69. The SMILES string of the molecule is CCC(CC)C(Nc1ccccc1)C(N)=O. The molecule has 3 heteroatoms. The van der Waals surface area contributed by atoms with E-state index < -0.39 is 0 Å². The summed E-state index contributed by atoms with van der Waals surface area (Å²) in [6.07, 6.45) is 1.90. The van der Waals surface area contributed by atoms with Gasteiger partial charge >= 0.3 is 0 Å². The summed E-state index contributed by atoms with van der Waals surface area (Å²) in [6.45, 7) is 4.16. The molecule has 0 bridgehead atoms. The number of anilines is 1. The second-order valence-corrected chi connectivity index (χ2v) is 3.97. The molecule has 0 radical (unpaired) electrons. The Balaban J connectivity index is 2.76. The third-order valence-electron chi connectivity index (χ3n) is 2.92. The number of amides is 1. The number of primary amides is 1. The molecule has 0 aliphatic carbocycles. The summed E-state index contributed by atoms with van der Waals surface area (Å²) in [5, 5.41) is 3.21. The van der Waals surface area contributed by atoms with Crippen molar-refractivity contribution in [3.8, 4) is 0 Å². The number of benzene rings is 1. The number of hydrogen-bond donors (Lipinski definition) is 2. The standard InChI is InChI=1S/C13H20N2O/c1-3-10(4-2)12(13(14)16)15-11-8-6-5-7-9-11/h5-10,12,15H,3-4H2,1-2H3,(H2,14,16). The van der Waals surface area contributed by atoms with E-state index in [2.05, 4.69) is 19.2 Å². The zero-order chi connectivity index (χ0) is 12.0. The van der Waals surface area contributed by atoms with E-state index in [0.717, 1.165) is 18.5 Å². The van der Waals surface area contributed by atoms with Crippen molar-refractivity contribution in [1.82, 2.24) is 0 Å². The lowest BCUT2D eigenvalue weighted by molar-refractivity contribution is -0.119. The Morgan fingerprint density at radius 2 is 1.81 bits per heavy atom. The van der Waals surface area contributed by atoms with Crippen molar-refractivity contribution in [1.29, 1.82) is 0 Å². The van der Waals surface area contributed by atoms with Crippen LogP contribution in [0.4, 0.5) is 5.69 Å².